The minimum absolute atomic E-state index is 0.0133. The first-order chi connectivity index (χ1) is 18.2. The molecule has 9 nitrogen and oxygen atoms in total. The summed E-state index contributed by atoms with van der Waals surface area (Å²) < 4.78 is 45.3. The molecule has 10 heteroatoms. The Hall–Kier alpha value is -4.15. The molecule has 1 aliphatic heterocycles. The zero-order valence-electron chi connectivity index (χ0n) is 20.9. The number of H-pyrrole nitrogens is 1. The van der Waals surface area contributed by atoms with Crippen LogP contribution in [0.15, 0.2) is 76.4 Å². The van der Waals surface area contributed by atoms with E-state index in [2.05, 4.69) is 4.98 Å². The van der Waals surface area contributed by atoms with Crippen molar-refractivity contribution < 1.29 is 27.4 Å². The third-order valence-corrected chi connectivity index (χ3v) is 8.15. The molecule has 0 atom stereocenters. The molecule has 0 spiro atoms. The van der Waals surface area contributed by atoms with E-state index in [-0.39, 0.29) is 29.3 Å². The van der Waals surface area contributed by atoms with E-state index in [0.29, 0.717) is 52.5 Å². The van der Waals surface area contributed by atoms with Gasteiger partial charge in [0.25, 0.3) is 5.56 Å². The van der Waals surface area contributed by atoms with Gasteiger partial charge < -0.3 is 19.2 Å². The van der Waals surface area contributed by atoms with Crippen LogP contribution in [0.5, 0.6) is 17.2 Å². The summed E-state index contributed by atoms with van der Waals surface area (Å²) >= 11 is 0. The van der Waals surface area contributed by atoms with E-state index in [9.17, 15) is 18.0 Å². The third kappa shape index (κ3) is 5.13. The zero-order chi connectivity index (χ0) is 26.9. The molecule has 38 heavy (non-hydrogen) atoms. The molecule has 1 aromatic heterocycles. The van der Waals surface area contributed by atoms with E-state index in [4.69, 9.17) is 14.2 Å². The number of ketones is 1. The van der Waals surface area contributed by atoms with Crippen molar-refractivity contribution in [3.63, 3.8) is 0 Å². The average Bonchev–Trinajstić information content (AvgIpc) is 2.92. The summed E-state index contributed by atoms with van der Waals surface area (Å²) in [7, 11) is -2.49. The second kappa shape index (κ2) is 10.3. The minimum Gasteiger partial charge on any atom is -0.497 e. The van der Waals surface area contributed by atoms with Crippen molar-refractivity contribution >= 4 is 26.7 Å². The first kappa shape index (κ1) is 25.5. The van der Waals surface area contributed by atoms with Gasteiger partial charge in [0.15, 0.2) is 17.3 Å². The van der Waals surface area contributed by atoms with Gasteiger partial charge in [0.1, 0.15) is 19.0 Å². The lowest BCUT2D eigenvalue weighted by molar-refractivity contribution is 0.101. The van der Waals surface area contributed by atoms with Gasteiger partial charge in [-0.25, -0.2) is 8.42 Å². The number of nitrogens with zero attached hydrogens (tertiary/aromatic N) is 1. The van der Waals surface area contributed by atoms with E-state index >= 15 is 0 Å². The van der Waals surface area contributed by atoms with Crippen molar-refractivity contribution in [2.75, 3.05) is 20.3 Å². The number of aromatic nitrogens is 1. The van der Waals surface area contributed by atoms with Gasteiger partial charge in [-0.1, -0.05) is 24.3 Å². The van der Waals surface area contributed by atoms with Crippen LogP contribution in [0.25, 0.3) is 10.9 Å². The molecule has 0 fully saturated rings. The zero-order valence-corrected chi connectivity index (χ0v) is 21.7. The number of hydrogen-bond donors (Lipinski definition) is 1. The van der Waals surface area contributed by atoms with E-state index in [0.717, 1.165) is 0 Å². The molecule has 0 bridgehead atoms. The van der Waals surface area contributed by atoms with Crippen molar-refractivity contribution in [2.45, 2.75) is 24.9 Å². The Morgan fingerprint density at radius 1 is 0.947 bits per heavy atom. The summed E-state index contributed by atoms with van der Waals surface area (Å²) in [6, 6.07) is 18.0. The molecule has 5 rings (SSSR count). The standard InChI is InChI=1S/C28H26N2O7S/c1-18(31)20-5-9-24(10-6-20)38(33,34)30(16-19-3-7-23(35-2)8-4-19)17-22-13-21-14-26-27(37-12-11-36-26)15-25(21)29-28(22)32/h3-10,13-15H,11-12,16-17H2,1-2H3,(H,29,32). The molecule has 3 aromatic carbocycles. The third-order valence-electron chi connectivity index (χ3n) is 6.35. The van der Waals surface area contributed by atoms with Crippen LogP contribution < -0.4 is 19.8 Å². The number of rotatable bonds is 8. The Balaban J connectivity index is 1.54. The van der Waals surface area contributed by atoms with Gasteiger partial charge >= 0.3 is 0 Å². The first-order valence-corrected chi connectivity index (χ1v) is 13.4. The number of pyridine rings is 1. The predicted molar refractivity (Wildman–Crippen MR) is 141 cm³/mol. The number of hydrogen-bond acceptors (Lipinski definition) is 7. The van der Waals surface area contributed by atoms with E-state index in [1.807, 2.05) is 0 Å². The molecular formula is C28H26N2O7S. The number of benzene rings is 3. The molecule has 4 aromatic rings. The fraction of sp³-hybridized carbons (Fsp3) is 0.214. The molecule has 2 heterocycles. The Kier molecular flexibility index (Phi) is 6.92. The highest BCUT2D eigenvalue weighted by atomic mass is 32.2. The summed E-state index contributed by atoms with van der Waals surface area (Å²) in [5.41, 5.74) is 1.55. The fourth-order valence-corrected chi connectivity index (χ4v) is 5.67. The summed E-state index contributed by atoms with van der Waals surface area (Å²) in [6.45, 7) is 2.10. The molecule has 1 aliphatic rings. The van der Waals surface area contributed by atoms with Crippen LogP contribution >= 0.6 is 0 Å². The van der Waals surface area contributed by atoms with Gasteiger partial charge in [0.2, 0.25) is 10.0 Å². The number of aromatic amines is 1. The van der Waals surface area contributed by atoms with Gasteiger partial charge in [0.05, 0.1) is 17.5 Å². The predicted octanol–water partition coefficient (Wildman–Crippen LogP) is 3.90. The topological polar surface area (TPSA) is 115 Å². The lowest BCUT2D eigenvalue weighted by Gasteiger charge is -2.23. The Morgan fingerprint density at radius 3 is 2.24 bits per heavy atom. The number of nitrogens with one attached hydrogen (secondary N) is 1. The highest BCUT2D eigenvalue weighted by molar-refractivity contribution is 7.89. The molecule has 0 amide bonds. The van der Waals surface area contributed by atoms with Crippen molar-refractivity contribution in [1.82, 2.24) is 9.29 Å². The van der Waals surface area contributed by atoms with Crippen LogP contribution in [-0.2, 0) is 23.1 Å². The van der Waals surface area contributed by atoms with Crippen molar-refractivity contribution in [3.05, 3.63) is 93.8 Å². The quantitative estimate of drug-likeness (QED) is 0.341. The molecule has 0 aliphatic carbocycles. The van der Waals surface area contributed by atoms with Crippen molar-refractivity contribution in [1.29, 1.82) is 0 Å². The number of fused-ring (bicyclic) bond motifs is 2. The maximum atomic E-state index is 13.8. The molecular weight excluding hydrogens is 508 g/mol. The molecule has 1 N–H and O–H groups in total. The van der Waals surface area contributed by atoms with E-state index in [1.54, 1.807) is 49.6 Å². The van der Waals surface area contributed by atoms with E-state index in [1.165, 1.54) is 35.5 Å². The molecule has 196 valence electrons. The lowest BCUT2D eigenvalue weighted by Crippen LogP contribution is -2.32. The largest absolute Gasteiger partial charge is 0.497 e. The summed E-state index contributed by atoms with van der Waals surface area (Å²) in [4.78, 5) is 27.6. The lowest BCUT2D eigenvalue weighted by atomic mass is 10.1. The van der Waals surface area contributed by atoms with Crippen LogP contribution in [0.4, 0.5) is 0 Å². The second-order valence-electron chi connectivity index (χ2n) is 8.91. The smallest absolute Gasteiger partial charge is 0.252 e. The van der Waals surface area contributed by atoms with Crippen molar-refractivity contribution in [3.8, 4) is 17.2 Å². The first-order valence-electron chi connectivity index (χ1n) is 11.9. The molecule has 0 saturated carbocycles. The number of ether oxygens (including phenoxy) is 3. The van der Waals surface area contributed by atoms with Crippen LogP contribution in [0.2, 0.25) is 0 Å². The minimum atomic E-state index is -4.05. The fourth-order valence-electron chi connectivity index (χ4n) is 4.27. The monoisotopic (exact) mass is 534 g/mol. The number of carbonyl (C=O) groups excluding carboxylic acids is 1. The van der Waals surface area contributed by atoms with Gasteiger partial charge in [-0.05, 0) is 48.9 Å². The average molecular weight is 535 g/mol. The number of carbonyl (C=O) groups is 1. The summed E-state index contributed by atoms with van der Waals surface area (Å²) in [5.74, 6) is 1.59. The summed E-state index contributed by atoms with van der Waals surface area (Å²) in [5, 5.41) is 0.691. The second-order valence-corrected chi connectivity index (χ2v) is 10.8. The maximum Gasteiger partial charge on any atom is 0.252 e. The normalized spacial score (nSPS) is 13.0. The summed E-state index contributed by atoms with van der Waals surface area (Å²) in [6.07, 6.45) is 0. The van der Waals surface area contributed by atoms with Crippen LogP contribution in [0.1, 0.15) is 28.4 Å². The van der Waals surface area contributed by atoms with Gasteiger partial charge in [-0.2, -0.15) is 4.31 Å². The van der Waals surface area contributed by atoms with Crippen LogP contribution in [0, 0.1) is 0 Å². The number of sulfonamides is 1. The SMILES string of the molecule is COc1ccc(CN(Cc2cc3cc4c(cc3[nH]c2=O)OCCO4)S(=O)(=O)c2ccc(C(C)=O)cc2)cc1. The van der Waals surface area contributed by atoms with Gasteiger partial charge in [-0.3, -0.25) is 9.59 Å². The Bertz CT molecular complexity index is 1660. The molecule has 0 saturated heterocycles. The van der Waals surface area contributed by atoms with Crippen LogP contribution in [-0.4, -0.2) is 43.8 Å². The molecule has 0 radical (unpaired) electrons. The van der Waals surface area contributed by atoms with Crippen molar-refractivity contribution in [2.24, 2.45) is 0 Å². The van der Waals surface area contributed by atoms with Crippen LogP contribution in [0.3, 0.4) is 0 Å². The van der Waals surface area contributed by atoms with Gasteiger partial charge in [-0.15, -0.1) is 0 Å². The maximum absolute atomic E-state index is 13.8. The Morgan fingerprint density at radius 2 is 1.61 bits per heavy atom. The number of methoxy groups -OCH3 is 1. The van der Waals surface area contributed by atoms with Gasteiger partial charge in [0, 0.05) is 35.7 Å². The highest BCUT2D eigenvalue weighted by Gasteiger charge is 2.26. The highest BCUT2D eigenvalue weighted by Crippen LogP contribution is 2.34. The molecule has 0 unspecified atom stereocenters. The Labute approximate surface area is 219 Å². The van der Waals surface area contributed by atoms with E-state index < -0.39 is 15.6 Å². The number of Topliss-reactive ketones (excluding diaryl/α,β-unsaturated/α-hetero) is 1.